The average molecular weight is 343 g/mol. The van der Waals surface area contributed by atoms with E-state index in [2.05, 4.69) is 30.5 Å². The lowest BCUT2D eigenvalue weighted by Gasteiger charge is -2.01. The third-order valence-electron chi connectivity index (χ3n) is 2.38. The van der Waals surface area contributed by atoms with Crippen LogP contribution in [0.15, 0.2) is 21.2 Å². The Balaban J connectivity index is 1.65. The first-order chi connectivity index (χ1) is 10.8. The van der Waals surface area contributed by atoms with Gasteiger partial charge in [-0.15, -0.1) is 10.2 Å². The Kier molecular flexibility index (Phi) is 7.13. The molecule has 0 saturated heterocycles. The predicted molar refractivity (Wildman–Crippen MR) is 85.4 cm³/mol. The van der Waals surface area contributed by atoms with E-state index in [4.69, 9.17) is 4.74 Å². The molecule has 0 unspecified atom stereocenters. The lowest BCUT2D eigenvalue weighted by molar-refractivity contribution is -0.113. The summed E-state index contributed by atoms with van der Waals surface area (Å²) in [5, 5.41) is 18.2. The standard InChI is InChI=1S/C12H17N5O3S2/c1-2-19-6-3-5-13-11-15-16-12(22-11)21-8-10(18)14-9-4-7-20-17-9/h4,7H,2-3,5-6,8H2,1H3,(H,13,15)(H,14,17,18). The molecule has 120 valence electrons. The van der Waals surface area contributed by atoms with Crippen LogP contribution in [-0.4, -0.2) is 46.8 Å². The number of hydrogen-bond acceptors (Lipinski definition) is 9. The van der Waals surface area contributed by atoms with E-state index >= 15 is 0 Å². The van der Waals surface area contributed by atoms with Crippen LogP contribution in [0.3, 0.4) is 0 Å². The molecule has 0 saturated carbocycles. The fourth-order valence-electron chi connectivity index (χ4n) is 1.44. The molecule has 2 aromatic heterocycles. The van der Waals surface area contributed by atoms with Crippen LogP contribution in [0.25, 0.3) is 0 Å². The molecule has 10 heteroatoms. The first-order valence-electron chi connectivity index (χ1n) is 6.76. The van der Waals surface area contributed by atoms with Gasteiger partial charge < -0.3 is 19.9 Å². The van der Waals surface area contributed by atoms with E-state index in [0.717, 1.165) is 35.7 Å². The van der Waals surface area contributed by atoms with Gasteiger partial charge in [-0.25, -0.2) is 0 Å². The molecule has 0 aliphatic carbocycles. The Hall–Kier alpha value is -1.65. The molecule has 0 aromatic carbocycles. The molecule has 0 aliphatic heterocycles. The Labute approximate surface area is 136 Å². The third kappa shape index (κ3) is 6.00. The second kappa shape index (κ2) is 9.38. The highest BCUT2D eigenvalue weighted by atomic mass is 32.2. The van der Waals surface area contributed by atoms with Crippen molar-refractivity contribution in [2.75, 3.05) is 36.1 Å². The fourth-order valence-corrected chi connectivity index (χ4v) is 3.01. The van der Waals surface area contributed by atoms with Gasteiger partial charge >= 0.3 is 0 Å². The van der Waals surface area contributed by atoms with Gasteiger partial charge in [-0.05, 0) is 13.3 Å². The molecule has 2 heterocycles. The molecular formula is C12H17N5O3S2. The number of thioether (sulfide) groups is 1. The molecule has 0 spiro atoms. The number of aromatic nitrogens is 3. The number of ether oxygens (including phenoxy) is 1. The normalized spacial score (nSPS) is 10.6. The number of amides is 1. The van der Waals surface area contributed by atoms with Gasteiger partial charge in [-0.3, -0.25) is 4.79 Å². The van der Waals surface area contributed by atoms with Crippen LogP contribution in [-0.2, 0) is 9.53 Å². The highest BCUT2D eigenvalue weighted by Crippen LogP contribution is 2.25. The molecule has 2 N–H and O–H groups in total. The van der Waals surface area contributed by atoms with E-state index in [1.807, 2.05) is 6.92 Å². The third-order valence-corrected chi connectivity index (χ3v) is 4.40. The SMILES string of the molecule is CCOCCCNc1nnc(SCC(=O)Nc2ccon2)s1. The summed E-state index contributed by atoms with van der Waals surface area (Å²) in [5.41, 5.74) is 0. The maximum absolute atomic E-state index is 11.7. The van der Waals surface area contributed by atoms with Gasteiger partial charge in [-0.2, -0.15) is 0 Å². The molecule has 2 rings (SSSR count). The van der Waals surface area contributed by atoms with Gasteiger partial charge in [0.1, 0.15) is 6.26 Å². The summed E-state index contributed by atoms with van der Waals surface area (Å²) in [5.74, 6) is 0.478. The van der Waals surface area contributed by atoms with Gasteiger partial charge in [0.15, 0.2) is 10.2 Å². The van der Waals surface area contributed by atoms with Crippen molar-refractivity contribution in [2.24, 2.45) is 0 Å². The number of nitrogens with one attached hydrogen (secondary N) is 2. The van der Waals surface area contributed by atoms with Gasteiger partial charge in [0.2, 0.25) is 11.0 Å². The Morgan fingerprint density at radius 3 is 3.18 bits per heavy atom. The molecule has 1 amide bonds. The van der Waals surface area contributed by atoms with Crippen molar-refractivity contribution in [3.8, 4) is 0 Å². The van der Waals surface area contributed by atoms with E-state index in [9.17, 15) is 4.79 Å². The molecule has 0 aliphatic rings. The maximum atomic E-state index is 11.7. The summed E-state index contributed by atoms with van der Waals surface area (Å²) in [7, 11) is 0. The minimum Gasteiger partial charge on any atom is -0.382 e. The Morgan fingerprint density at radius 2 is 2.41 bits per heavy atom. The van der Waals surface area contributed by atoms with E-state index in [0.29, 0.717) is 5.82 Å². The van der Waals surface area contributed by atoms with Crippen molar-refractivity contribution < 1.29 is 14.1 Å². The zero-order valence-electron chi connectivity index (χ0n) is 12.1. The van der Waals surface area contributed by atoms with Crippen LogP contribution in [0.5, 0.6) is 0 Å². The molecule has 0 fully saturated rings. The quantitative estimate of drug-likeness (QED) is 0.499. The summed E-state index contributed by atoms with van der Waals surface area (Å²) < 4.78 is 10.6. The van der Waals surface area contributed by atoms with Crippen LogP contribution in [0.4, 0.5) is 10.9 Å². The minimum absolute atomic E-state index is 0.166. The van der Waals surface area contributed by atoms with Crippen molar-refractivity contribution in [3.63, 3.8) is 0 Å². The van der Waals surface area contributed by atoms with E-state index in [-0.39, 0.29) is 11.7 Å². The fraction of sp³-hybridized carbons (Fsp3) is 0.500. The predicted octanol–water partition coefficient (Wildman–Crippen LogP) is 2.10. The number of rotatable bonds is 10. The summed E-state index contributed by atoms with van der Waals surface area (Å²) >= 11 is 2.75. The first kappa shape index (κ1) is 16.7. The zero-order chi connectivity index (χ0) is 15.6. The summed E-state index contributed by atoms with van der Waals surface area (Å²) in [6.45, 7) is 4.22. The lowest BCUT2D eigenvalue weighted by atomic mass is 10.4. The van der Waals surface area contributed by atoms with Crippen molar-refractivity contribution in [1.82, 2.24) is 15.4 Å². The topological polar surface area (TPSA) is 102 Å². The van der Waals surface area contributed by atoms with E-state index in [1.54, 1.807) is 6.07 Å². The van der Waals surface area contributed by atoms with Gasteiger partial charge in [0, 0.05) is 25.8 Å². The maximum Gasteiger partial charge on any atom is 0.236 e. The molecule has 0 radical (unpaired) electrons. The van der Waals surface area contributed by atoms with Crippen LogP contribution >= 0.6 is 23.1 Å². The number of hydrogen-bond donors (Lipinski definition) is 2. The minimum atomic E-state index is -0.166. The summed E-state index contributed by atoms with van der Waals surface area (Å²) in [6.07, 6.45) is 2.31. The Morgan fingerprint density at radius 1 is 1.50 bits per heavy atom. The lowest BCUT2D eigenvalue weighted by Crippen LogP contribution is -2.14. The van der Waals surface area contributed by atoms with Crippen LogP contribution in [0.1, 0.15) is 13.3 Å². The van der Waals surface area contributed by atoms with Crippen LogP contribution in [0.2, 0.25) is 0 Å². The van der Waals surface area contributed by atoms with Crippen molar-refractivity contribution >= 4 is 40.0 Å². The number of carbonyl (C=O) groups excluding carboxylic acids is 1. The second-order valence-corrected chi connectivity index (χ2v) is 6.27. The monoisotopic (exact) mass is 343 g/mol. The van der Waals surface area contributed by atoms with Crippen molar-refractivity contribution in [1.29, 1.82) is 0 Å². The molecule has 0 bridgehead atoms. The number of nitrogens with zero attached hydrogens (tertiary/aromatic N) is 3. The summed E-state index contributed by atoms with van der Waals surface area (Å²) in [4.78, 5) is 11.7. The van der Waals surface area contributed by atoms with E-state index < -0.39 is 0 Å². The van der Waals surface area contributed by atoms with Gasteiger partial charge in [0.25, 0.3) is 0 Å². The van der Waals surface area contributed by atoms with Crippen molar-refractivity contribution in [2.45, 2.75) is 17.7 Å². The largest absolute Gasteiger partial charge is 0.382 e. The highest BCUT2D eigenvalue weighted by Gasteiger charge is 2.09. The molecule has 22 heavy (non-hydrogen) atoms. The van der Waals surface area contributed by atoms with Crippen LogP contribution < -0.4 is 10.6 Å². The molecule has 0 atom stereocenters. The molecular weight excluding hydrogens is 326 g/mol. The molecule has 8 nitrogen and oxygen atoms in total. The number of anilines is 2. The summed E-state index contributed by atoms with van der Waals surface area (Å²) in [6, 6.07) is 1.58. The highest BCUT2D eigenvalue weighted by molar-refractivity contribution is 8.01. The molecule has 2 aromatic rings. The second-order valence-electron chi connectivity index (χ2n) is 4.07. The van der Waals surface area contributed by atoms with Gasteiger partial charge in [-0.1, -0.05) is 28.3 Å². The van der Waals surface area contributed by atoms with Gasteiger partial charge in [0.05, 0.1) is 5.75 Å². The average Bonchev–Trinajstić information content (AvgIpc) is 3.17. The van der Waals surface area contributed by atoms with E-state index in [1.165, 1.54) is 29.4 Å². The zero-order valence-corrected chi connectivity index (χ0v) is 13.7. The smallest absolute Gasteiger partial charge is 0.236 e. The van der Waals surface area contributed by atoms with Crippen molar-refractivity contribution in [3.05, 3.63) is 12.3 Å². The van der Waals surface area contributed by atoms with Crippen LogP contribution in [0, 0.1) is 0 Å². The number of carbonyl (C=O) groups is 1. The first-order valence-corrected chi connectivity index (χ1v) is 8.56. The Bertz CT molecular complexity index is 561.